The first-order valence-electron chi connectivity index (χ1n) is 6.13. The lowest BCUT2D eigenvalue weighted by molar-refractivity contribution is -0.122. The molecule has 0 aliphatic carbocycles. The number of nitrogens with one attached hydrogen (secondary N) is 2. The molecule has 1 rings (SSSR count). The first kappa shape index (κ1) is 15.5. The van der Waals surface area contributed by atoms with Crippen molar-refractivity contribution in [2.45, 2.75) is 32.7 Å². The van der Waals surface area contributed by atoms with E-state index in [0.717, 1.165) is 6.42 Å². The molecule has 0 aromatic carbocycles. The highest BCUT2D eigenvalue weighted by Crippen LogP contribution is 2.19. The van der Waals surface area contributed by atoms with E-state index in [1.165, 1.54) is 4.68 Å². The van der Waals surface area contributed by atoms with Crippen LogP contribution in [-0.2, 0) is 11.8 Å². The Morgan fingerprint density at radius 3 is 2.53 bits per heavy atom. The van der Waals surface area contributed by atoms with E-state index < -0.39 is 11.9 Å². The Hall–Kier alpha value is -1.56. The van der Waals surface area contributed by atoms with Gasteiger partial charge in [-0.25, -0.2) is 0 Å². The fourth-order valence-corrected chi connectivity index (χ4v) is 2.08. The molecule has 0 aliphatic rings. The molecule has 0 saturated carbocycles. The fourth-order valence-electron chi connectivity index (χ4n) is 1.84. The van der Waals surface area contributed by atoms with E-state index in [1.54, 1.807) is 21.0 Å². The summed E-state index contributed by atoms with van der Waals surface area (Å²) in [5.74, 6) is -0.611. The third-order valence-corrected chi connectivity index (χ3v) is 3.26. The largest absolute Gasteiger partial charge is 0.357 e. The predicted molar refractivity (Wildman–Crippen MR) is 73.2 cm³/mol. The van der Waals surface area contributed by atoms with E-state index in [1.807, 2.05) is 6.92 Å². The van der Waals surface area contributed by atoms with Gasteiger partial charge in [0.2, 0.25) is 5.91 Å². The van der Waals surface area contributed by atoms with Gasteiger partial charge in [0, 0.05) is 14.1 Å². The SMILES string of the molecule is CCC[C@@H](NC(=O)c1c(Cl)c(C)nn1C)C(=O)NC. The summed E-state index contributed by atoms with van der Waals surface area (Å²) >= 11 is 6.04. The third kappa shape index (κ3) is 3.47. The second-order valence-electron chi connectivity index (χ2n) is 4.30. The molecule has 0 fully saturated rings. The van der Waals surface area contributed by atoms with Crippen molar-refractivity contribution < 1.29 is 9.59 Å². The zero-order valence-electron chi connectivity index (χ0n) is 11.6. The maximum absolute atomic E-state index is 12.2. The summed E-state index contributed by atoms with van der Waals surface area (Å²) in [4.78, 5) is 23.8. The van der Waals surface area contributed by atoms with E-state index >= 15 is 0 Å². The van der Waals surface area contributed by atoms with Gasteiger partial charge in [0.25, 0.3) is 5.91 Å². The minimum atomic E-state index is -0.561. The van der Waals surface area contributed by atoms with Gasteiger partial charge in [-0.05, 0) is 13.3 Å². The summed E-state index contributed by atoms with van der Waals surface area (Å²) < 4.78 is 1.42. The lowest BCUT2D eigenvalue weighted by Gasteiger charge is -2.16. The van der Waals surface area contributed by atoms with Gasteiger partial charge in [-0.2, -0.15) is 5.10 Å². The summed E-state index contributed by atoms with van der Waals surface area (Å²) in [6, 6.07) is -0.561. The van der Waals surface area contributed by atoms with E-state index in [-0.39, 0.29) is 11.6 Å². The minimum absolute atomic E-state index is 0.217. The number of hydrogen-bond donors (Lipinski definition) is 2. The first-order chi connectivity index (χ1) is 8.92. The Morgan fingerprint density at radius 1 is 1.47 bits per heavy atom. The minimum Gasteiger partial charge on any atom is -0.357 e. The third-order valence-electron chi connectivity index (χ3n) is 2.81. The molecule has 6 nitrogen and oxygen atoms in total. The Balaban J connectivity index is 2.90. The average Bonchev–Trinajstić information content (AvgIpc) is 2.61. The Kier molecular flexibility index (Phi) is 5.35. The van der Waals surface area contributed by atoms with Gasteiger partial charge in [-0.1, -0.05) is 24.9 Å². The quantitative estimate of drug-likeness (QED) is 0.849. The summed E-state index contributed by atoms with van der Waals surface area (Å²) in [6.45, 7) is 3.67. The Bertz CT molecular complexity index is 484. The number of carbonyl (C=O) groups excluding carboxylic acids is 2. The van der Waals surface area contributed by atoms with Crippen LogP contribution in [0.25, 0.3) is 0 Å². The van der Waals surface area contributed by atoms with Crippen molar-refractivity contribution in [2.75, 3.05) is 7.05 Å². The van der Waals surface area contributed by atoms with Crippen molar-refractivity contribution in [3.63, 3.8) is 0 Å². The van der Waals surface area contributed by atoms with Gasteiger partial charge < -0.3 is 10.6 Å². The van der Waals surface area contributed by atoms with Crippen LogP contribution in [0.2, 0.25) is 5.02 Å². The molecule has 19 heavy (non-hydrogen) atoms. The van der Waals surface area contributed by atoms with Gasteiger partial charge in [-0.15, -0.1) is 0 Å². The zero-order chi connectivity index (χ0) is 14.6. The predicted octanol–water partition coefficient (Wildman–Crippen LogP) is 1.03. The molecule has 2 N–H and O–H groups in total. The maximum Gasteiger partial charge on any atom is 0.271 e. The Labute approximate surface area is 117 Å². The molecule has 1 heterocycles. The van der Waals surface area contributed by atoms with E-state index in [2.05, 4.69) is 15.7 Å². The smallest absolute Gasteiger partial charge is 0.271 e. The summed E-state index contributed by atoms with van der Waals surface area (Å²) in [6.07, 6.45) is 1.36. The van der Waals surface area contributed by atoms with Crippen molar-refractivity contribution in [1.82, 2.24) is 20.4 Å². The second kappa shape index (κ2) is 6.56. The summed E-state index contributed by atoms with van der Waals surface area (Å²) in [5, 5.41) is 9.60. The van der Waals surface area contributed by atoms with Crippen LogP contribution in [0.15, 0.2) is 0 Å². The van der Waals surface area contributed by atoms with Crippen LogP contribution >= 0.6 is 11.6 Å². The zero-order valence-corrected chi connectivity index (χ0v) is 12.3. The van der Waals surface area contributed by atoms with Gasteiger partial charge in [-0.3, -0.25) is 14.3 Å². The number of amides is 2. The number of rotatable bonds is 5. The molecule has 1 aromatic rings. The fraction of sp³-hybridized carbons (Fsp3) is 0.583. The number of hydrogen-bond acceptors (Lipinski definition) is 3. The lowest BCUT2D eigenvalue weighted by Crippen LogP contribution is -2.46. The molecular formula is C12H19ClN4O2. The molecule has 0 saturated heterocycles. The topological polar surface area (TPSA) is 76.0 Å². The van der Waals surface area contributed by atoms with Gasteiger partial charge in [0.1, 0.15) is 11.7 Å². The molecule has 0 bridgehead atoms. The van der Waals surface area contributed by atoms with Crippen LogP contribution in [0.4, 0.5) is 0 Å². The number of aryl methyl sites for hydroxylation is 2. The average molecular weight is 287 g/mol. The van der Waals surface area contributed by atoms with Crippen molar-refractivity contribution in [2.24, 2.45) is 7.05 Å². The standard InChI is InChI=1S/C12H19ClN4O2/c1-5-6-8(11(18)14-3)15-12(19)10-9(13)7(2)16-17(10)4/h8H,5-6H2,1-4H3,(H,14,18)(H,15,19)/t8-/m1/s1. The maximum atomic E-state index is 12.2. The molecule has 0 unspecified atom stereocenters. The molecular weight excluding hydrogens is 268 g/mol. The molecule has 2 amide bonds. The van der Waals surface area contributed by atoms with Crippen molar-refractivity contribution >= 4 is 23.4 Å². The van der Waals surface area contributed by atoms with E-state index in [0.29, 0.717) is 17.1 Å². The molecule has 0 radical (unpaired) electrons. The molecule has 7 heteroatoms. The first-order valence-corrected chi connectivity index (χ1v) is 6.51. The van der Waals surface area contributed by atoms with E-state index in [9.17, 15) is 9.59 Å². The van der Waals surface area contributed by atoms with Gasteiger partial charge in [0.05, 0.1) is 10.7 Å². The lowest BCUT2D eigenvalue weighted by atomic mass is 10.1. The summed E-state index contributed by atoms with van der Waals surface area (Å²) in [7, 11) is 3.18. The second-order valence-corrected chi connectivity index (χ2v) is 4.68. The molecule has 0 spiro atoms. The Morgan fingerprint density at radius 2 is 2.11 bits per heavy atom. The number of aromatic nitrogens is 2. The van der Waals surface area contributed by atoms with E-state index in [4.69, 9.17) is 11.6 Å². The molecule has 0 aliphatic heterocycles. The van der Waals surface area contributed by atoms with Crippen LogP contribution < -0.4 is 10.6 Å². The van der Waals surface area contributed by atoms with Crippen LogP contribution in [-0.4, -0.2) is 34.7 Å². The molecule has 1 aromatic heterocycles. The number of halogens is 1. The highest BCUT2D eigenvalue weighted by Gasteiger charge is 2.24. The van der Waals surface area contributed by atoms with Crippen LogP contribution in [0.3, 0.4) is 0 Å². The van der Waals surface area contributed by atoms with Crippen LogP contribution in [0, 0.1) is 6.92 Å². The van der Waals surface area contributed by atoms with Gasteiger partial charge in [0.15, 0.2) is 0 Å². The monoisotopic (exact) mass is 286 g/mol. The normalized spacial score (nSPS) is 12.1. The highest BCUT2D eigenvalue weighted by atomic mass is 35.5. The van der Waals surface area contributed by atoms with Crippen molar-refractivity contribution in [1.29, 1.82) is 0 Å². The van der Waals surface area contributed by atoms with Crippen LogP contribution in [0.1, 0.15) is 35.9 Å². The highest BCUT2D eigenvalue weighted by molar-refractivity contribution is 6.34. The molecule has 106 valence electrons. The number of nitrogens with zero attached hydrogens (tertiary/aromatic N) is 2. The van der Waals surface area contributed by atoms with Crippen LogP contribution in [0.5, 0.6) is 0 Å². The number of likely N-dealkylation sites (N-methyl/N-ethyl adjacent to an activating group) is 1. The summed E-state index contributed by atoms with van der Waals surface area (Å²) in [5.41, 5.74) is 0.852. The van der Waals surface area contributed by atoms with Gasteiger partial charge >= 0.3 is 0 Å². The van der Waals surface area contributed by atoms with Crippen molar-refractivity contribution in [3.05, 3.63) is 16.4 Å². The molecule has 1 atom stereocenters. The van der Waals surface area contributed by atoms with Crippen molar-refractivity contribution in [3.8, 4) is 0 Å². The number of carbonyl (C=O) groups is 2.